The molecule has 0 spiro atoms. The maximum atomic E-state index is 13.5. The predicted molar refractivity (Wildman–Crippen MR) is 77.9 cm³/mol. The molecule has 23 heavy (non-hydrogen) atoms. The van der Waals surface area contributed by atoms with E-state index in [0.29, 0.717) is 35.3 Å². The molecule has 0 bridgehead atoms. The average molecular weight is 341 g/mol. The monoisotopic (exact) mass is 340 g/mol. The number of benzene rings is 2. The minimum Gasteiger partial charge on any atom is -0.486 e. The lowest BCUT2D eigenvalue weighted by molar-refractivity contribution is 0.0461. The third-order valence-electron chi connectivity index (χ3n) is 3.19. The number of hydrogen-bond acceptors (Lipinski definition) is 4. The molecule has 0 amide bonds. The van der Waals surface area contributed by atoms with Gasteiger partial charge in [0.25, 0.3) is 0 Å². The van der Waals surface area contributed by atoms with Gasteiger partial charge in [0.2, 0.25) is 0 Å². The summed E-state index contributed by atoms with van der Waals surface area (Å²) >= 11 is 6.06. The Labute approximate surface area is 135 Å². The first-order valence-electron chi connectivity index (χ1n) is 6.75. The van der Waals surface area contributed by atoms with Crippen LogP contribution in [0.1, 0.15) is 15.9 Å². The Balaban J connectivity index is 1.76. The van der Waals surface area contributed by atoms with Gasteiger partial charge in [0, 0.05) is 0 Å². The topological polar surface area (TPSA) is 44.8 Å². The molecule has 0 radical (unpaired) electrons. The van der Waals surface area contributed by atoms with Gasteiger partial charge in [-0.1, -0.05) is 17.7 Å². The third-order valence-corrected chi connectivity index (χ3v) is 3.47. The molecule has 0 aliphatic carbocycles. The fourth-order valence-corrected chi connectivity index (χ4v) is 2.45. The number of fused-ring (bicyclic) bond motifs is 1. The van der Waals surface area contributed by atoms with E-state index in [2.05, 4.69) is 0 Å². The molecule has 3 rings (SSSR count). The highest BCUT2D eigenvalue weighted by Gasteiger charge is 2.20. The minimum atomic E-state index is -1.09. The zero-order chi connectivity index (χ0) is 16.4. The largest absolute Gasteiger partial charge is 0.486 e. The van der Waals surface area contributed by atoms with Crippen LogP contribution in [0.2, 0.25) is 5.02 Å². The molecule has 4 nitrogen and oxygen atoms in total. The lowest BCUT2D eigenvalue weighted by Gasteiger charge is -2.20. The van der Waals surface area contributed by atoms with Gasteiger partial charge in [-0.25, -0.2) is 13.6 Å². The van der Waals surface area contributed by atoms with Crippen LogP contribution in [0.15, 0.2) is 30.3 Å². The number of carbonyl (C=O) groups is 1. The highest BCUT2D eigenvalue weighted by atomic mass is 35.5. The molecule has 1 aliphatic heterocycles. The van der Waals surface area contributed by atoms with Crippen molar-refractivity contribution in [3.05, 3.63) is 58.1 Å². The van der Waals surface area contributed by atoms with Crippen molar-refractivity contribution in [2.75, 3.05) is 13.2 Å². The summed E-state index contributed by atoms with van der Waals surface area (Å²) in [5.74, 6) is -2.18. The quantitative estimate of drug-likeness (QED) is 0.798. The lowest BCUT2D eigenvalue weighted by atomic mass is 10.2. The molecule has 7 heteroatoms. The van der Waals surface area contributed by atoms with E-state index in [1.165, 1.54) is 6.07 Å². The van der Waals surface area contributed by atoms with E-state index in [-0.39, 0.29) is 6.61 Å². The normalized spacial score (nSPS) is 12.8. The Kier molecular flexibility index (Phi) is 4.34. The van der Waals surface area contributed by atoms with E-state index >= 15 is 0 Å². The van der Waals surface area contributed by atoms with Crippen molar-refractivity contribution in [2.24, 2.45) is 0 Å². The number of esters is 1. The standard InChI is InChI=1S/C16H11ClF2O4/c17-10-6-9(7-13-15(10)22-5-4-21-13)8-23-16(20)14-11(18)2-1-3-12(14)19/h1-3,6-7H,4-5,8H2. The van der Waals surface area contributed by atoms with Crippen molar-refractivity contribution in [1.29, 1.82) is 0 Å². The number of rotatable bonds is 3. The van der Waals surface area contributed by atoms with E-state index in [9.17, 15) is 13.6 Å². The first-order valence-corrected chi connectivity index (χ1v) is 7.13. The number of halogens is 3. The van der Waals surface area contributed by atoms with Crippen LogP contribution < -0.4 is 9.47 Å². The van der Waals surface area contributed by atoms with Gasteiger partial charge in [0.05, 0.1) is 5.02 Å². The van der Waals surface area contributed by atoms with Gasteiger partial charge in [0.1, 0.15) is 37.0 Å². The van der Waals surface area contributed by atoms with Crippen LogP contribution in [0, 0.1) is 11.6 Å². The van der Waals surface area contributed by atoms with Gasteiger partial charge in [0.15, 0.2) is 11.5 Å². The Morgan fingerprint density at radius 3 is 2.61 bits per heavy atom. The molecule has 1 heterocycles. The predicted octanol–water partition coefficient (Wildman–Crippen LogP) is 3.75. The highest BCUT2D eigenvalue weighted by molar-refractivity contribution is 6.32. The summed E-state index contributed by atoms with van der Waals surface area (Å²) < 4.78 is 42.8. The van der Waals surface area contributed by atoms with Gasteiger partial charge in [-0.3, -0.25) is 0 Å². The van der Waals surface area contributed by atoms with Crippen molar-refractivity contribution in [3.8, 4) is 11.5 Å². The van der Waals surface area contributed by atoms with Crippen LogP contribution in [0.5, 0.6) is 11.5 Å². The van der Waals surface area contributed by atoms with Crippen LogP contribution in [0.3, 0.4) is 0 Å². The van der Waals surface area contributed by atoms with Crippen LogP contribution in [0.25, 0.3) is 0 Å². The summed E-state index contributed by atoms with van der Waals surface area (Å²) in [6.45, 7) is 0.573. The Morgan fingerprint density at radius 1 is 1.17 bits per heavy atom. The fraction of sp³-hybridized carbons (Fsp3) is 0.188. The molecule has 0 atom stereocenters. The van der Waals surface area contributed by atoms with Gasteiger partial charge in [-0.05, 0) is 29.8 Å². The van der Waals surface area contributed by atoms with E-state index in [4.69, 9.17) is 25.8 Å². The van der Waals surface area contributed by atoms with Crippen molar-refractivity contribution in [1.82, 2.24) is 0 Å². The molecule has 0 aromatic heterocycles. The summed E-state index contributed by atoms with van der Waals surface area (Å²) in [5, 5.41) is 0.310. The van der Waals surface area contributed by atoms with E-state index < -0.39 is 23.2 Å². The maximum Gasteiger partial charge on any atom is 0.344 e. The molecule has 2 aromatic carbocycles. The second kappa shape index (κ2) is 6.42. The van der Waals surface area contributed by atoms with Crippen LogP contribution in [-0.4, -0.2) is 19.2 Å². The molecule has 120 valence electrons. The lowest BCUT2D eigenvalue weighted by Crippen LogP contribution is -2.16. The van der Waals surface area contributed by atoms with Crippen LogP contribution >= 0.6 is 11.6 Å². The summed E-state index contributed by atoms with van der Waals surface area (Å²) in [5.41, 5.74) is -0.208. The zero-order valence-electron chi connectivity index (χ0n) is 11.8. The molecular formula is C16H11ClF2O4. The molecule has 0 N–H and O–H groups in total. The number of ether oxygens (including phenoxy) is 3. The van der Waals surface area contributed by atoms with Gasteiger partial charge < -0.3 is 14.2 Å². The van der Waals surface area contributed by atoms with Crippen molar-refractivity contribution in [3.63, 3.8) is 0 Å². The molecule has 0 saturated carbocycles. The van der Waals surface area contributed by atoms with Crippen LogP contribution in [-0.2, 0) is 11.3 Å². The van der Waals surface area contributed by atoms with Crippen LogP contribution in [0.4, 0.5) is 8.78 Å². The molecule has 1 aliphatic rings. The van der Waals surface area contributed by atoms with E-state index in [1.807, 2.05) is 0 Å². The zero-order valence-corrected chi connectivity index (χ0v) is 12.5. The smallest absolute Gasteiger partial charge is 0.344 e. The van der Waals surface area contributed by atoms with Gasteiger partial charge >= 0.3 is 5.97 Å². The van der Waals surface area contributed by atoms with Gasteiger partial charge in [-0.2, -0.15) is 0 Å². The Hall–Kier alpha value is -2.34. The van der Waals surface area contributed by atoms with E-state index in [0.717, 1.165) is 12.1 Å². The molecule has 0 saturated heterocycles. The second-order valence-corrected chi connectivity index (χ2v) is 5.18. The Bertz CT molecular complexity index is 744. The second-order valence-electron chi connectivity index (χ2n) is 4.77. The summed E-state index contributed by atoms with van der Waals surface area (Å²) in [4.78, 5) is 11.8. The molecule has 0 unspecified atom stereocenters. The summed E-state index contributed by atoms with van der Waals surface area (Å²) in [6, 6.07) is 6.29. The first-order chi connectivity index (χ1) is 11.1. The molecule has 0 fully saturated rings. The summed E-state index contributed by atoms with van der Waals surface area (Å²) in [7, 11) is 0. The van der Waals surface area contributed by atoms with Crippen molar-refractivity contribution < 1.29 is 27.8 Å². The average Bonchev–Trinajstić information content (AvgIpc) is 2.53. The van der Waals surface area contributed by atoms with Gasteiger partial charge in [-0.15, -0.1) is 0 Å². The fourth-order valence-electron chi connectivity index (χ4n) is 2.16. The van der Waals surface area contributed by atoms with Crippen molar-refractivity contribution in [2.45, 2.75) is 6.61 Å². The Morgan fingerprint density at radius 2 is 1.87 bits per heavy atom. The minimum absolute atomic E-state index is 0.205. The summed E-state index contributed by atoms with van der Waals surface area (Å²) in [6.07, 6.45) is 0. The molecule has 2 aromatic rings. The van der Waals surface area contributed by atoms with Crippen molar-refractivity contribution >= 4 is 17.6 Å². The third kappa shape index (κ3) is 3.22. The SMILES string of the molecule is O=C(OCc1cc(Cl)c2c(c1)OCCO2)c1c(F)cccc1F. The van der Waals surface area contributed by atoms with E-state index in [1.54, 1.807) is 12.1 Å². The first kappa shape index (κ1) is 15.6. The number of hydrogen-bond donors (Lipinski definition) is 0. The number of carbonyl (C=O) groups excluding carboxylic acids is 1. The molecular weight excluding hydrogens is 330 g/mol. The highest BCUT2D eigenvalue weighted by Crippen LogP contribution is 2.38. The maximum absolute atomic E-state index is 13.5.